The monoisotopic (exact) mass is 367 g/mol. The number of amides is 1. The lowest BCUT2D eigenvalue weighted by molar-refractivity contribution is 0.0928. The van der Waals surface area contributed by atoms with E-state index in [1.807, 2.05) is 52.8 Å². The van der Waals surface area contributed by atoms with Crippen molar-refractivity contribution >= 4 is 16.9 Å². The van der Waals surface area contributed by atoms with E-state index in [9.17, 15) is 9.59 Å². The Balaban J connectivity index is 1.88. The van der Waals surface area contributed by atoms with Crippen LogP contribution in [0, 0.1) is 6.92 Å². The largest absolute Gasteiger partial charge is 0.345 e. The summed E-state index contributed by atoms with van der Waals surface area (Å²) in [7, 11) is 0. The number of rotatable bonds is 4. The van der Waals surface area contributed by atoms with Crippen LogP contribution in [0.15, 0.2) is 29.1 Å². The molecular weight excluding hydrogens is 342 g/mol. The van der Waals surface area contributed by atoms with Gasteiger partial charge in [-0.3, -0.25) is 4.79 Å². The van der Waals surface area contributed by atoms with Gasteiger partial charge in [-0.25, -0.2) is 9.78 Å². The number of H-pyrrole nitrogens is 2. The molecule has 0 radical (unpaired) electrons. The van der Waals surface area contributed by atoms with Crippen LogP contribution in [0.1, 0.15) is 67.7 Å². The van der Waals surface area contributed by atoms with Gasteiger partial charge in [0, 0.05) is 11.1 Å². The second-order valence-corrected chi connectivity index (χ2v) is 7.81. The highest BCUT2D eigenvalue weighted by Gasteiger charge is 2.22. The Kier molecular flexibility index (Phi) is 4.87. The minimum absolute atomic E-state index is 0.106. The van der Waals surface area contributed by atoms with E-state index in [0.29, 0.717) is 17.9 Å². The molecule has 0 saturated heterocycles. The van der Waals surface area contributed by atoms with Crippen molar-refractivity contribution in [2.24, 2.45) is 0 Å². The Morgan fingerprint density at radius 2 is 1.93 bits per heavy atom. The van der Waals surface area contributed by atoms with Crippen LogP contribution in [0.4, 0.5) is 0 Å². The Morgan fingerprint density at radius 1 is 1.19 bits per heavy atom. The molecule has 1 atom stereocenters. The number of nitrogens with zero attached hydrogens (tertiary/aromatic N) is 2. The summed E-state index contributed by atoms with van der Waals surface area (Å²) in [6.07, 6.45) is 0.653. The topological polar surface area (TPSA) is 104 Å². The van der Waals surface area contributed by atoms with Crippen LogP contribution >= 0.6 is 0 Å². The van der Waals surface area contributed by atoms with Crippen LogP contribution in [0.5, 0.6) is 0 Å². The Morgan fingerprint density at radius 3 is 2.59 bits per heavy atom. The Bertz CT molecular complexity index is 1040. The first-order chi connectivity index (χ1) is 12.7. The molecule has 2 heterocycles. The van der Waals surface area contributed by atoms with E-state index >= 15 is 0 Å². The lowest BCUT2D eigenvalue weighted by Gasteiger charge is -2.19. The Labute approximate surface area is 157 Å². The van der Waals surface area contributed by atoms with Crippen LogP contribution in [-0.2, 0) is 5.41 Å². The van der Waals surface area contributed by atoms with E-state index in [1.165, 1.54) is 0 Å². The van der Waals surface area contributed by atoms with Crippen molar-refractivity contribution in [3.8, 4) is 0 Å². The van der Waals surface area contributed by atoms with Gasteiger partial charge in [-0.15, -0.1) is 0 Å². The molecule has 7 nitrogen and oxygen atoms in total. The van der Waals surface area contributed by atoms with Crippen molar-refractivity contribution in [3.63, 3.8) is 0 Å². The molecule has 7 heteroatoms. The van der Waals surface area contributed by atoms with E-state index in [2.05, 4.69) is 25.3 Å². The molecule has 1 aromatic carbocycles. The molecule has 0 bridgehead atoms. The summed E-state index contributed by atoms with van der Waals surface area (Å²) in [5.74, 6) is 0.294. The molecule has 0 spiro atoms. The fraction of sp³-hybridized carbons (Fsp3) is 0.400. The normalized spacial score (nSPS) is 12.9. The van der Waals surface area contributed by atoms with Crippen LogP contribution in [0.25, 0.3) is 11.0 Å². The second kappa shape index (κ2) is 6.98. The van der Waals surface area contributed by atoms with Gasteiger partial charge >= 0.3 is 5.69 Å². The van der Waals surface area contributed by atoms with Gasteiger partial charge in [-0.2, -0.15) is 4.98 Å². The molecule has 0 fully saturated rings. The summed E-state index contributed by atoms with van der Waals surface area (Å²) in [6.45, 7) is 9.88. The standard InChI is InChI=1S/C20H25N5O2/c1-6-12(17-21-13-8-7-11(2)9-14(13)22-17)23-18(26)15-10-16(20(3,4)5)25-19(27)24-15/h7-10,12H,6H2,1-5H3,(H,21,22)(H,23,26)(H,24,25,27). The number of imidazole rings is 1. The minimum atomic E-state index is -0.528. The van der Waals surface area contributed by atoms with E-state index in [-0.39, 0.29) is 17.2 Å². The van der Waals surface area contributed by atoms with Gasteiger partial charge in [-0.1, -0.05) is 33.8 Å². The third-order valence-corrected chi connectivity index (χ3v) is 4.48. The van der Waals surface area contributed by atoms with Crippen molar-refractivity contribution in [2.75, 3.05) is 0 Å². The molecule has 3 N–H and O–H groups in total. The third-order valence-electron chi connectivity index (χ3n) is 4.48. The summed E-state index contributed by atoms with van der Waals surface area (Å²) >= 11 is 0. The van der Waals surface area contributed by atoms with E-state index in [1.54, 1.807) is 6.07 Å². The second-order valence-electron chi connectivity index (χ2n) is 7.81. The number of aromatic amines is 2. The van der Waals surface area contributed by atoms with Crippen LogP contribution in [-0.4, -0.2) is 25.8 Å². The van der Waals surface area contributed by atoms with Crippen molar-refractivity contribution in [1.82, 2.24) is 25.3 Å². The average Bonchev–Trinajstić information content (AvgIpc) is 3.00. The number of carbonyl (C=O) groups is 1. The summed E-state index contributed by atoms with van der Waals surface area (Å²) in [6, 6.07) is 7.30. The molecule has 3 rings (SSSR count). The zero-order valence-corrected chi connectivity index (χ0v) is 16.3. The number of aromatic nitrogens is 4. The summed E-state index contributed by atoms with van der Waals surface area (Å²) < 4.78 is 0. The number of nitrogens with one attached hydrogen (secondary N) is 3. The van der Waals surface area contributed by atoms with Gasteiger partial charge in [0.15, 0.2) is 0 Å². The minimum Gasteiger partial charge on any atom is -0.341 e. The number of carbonyl (C=O) groups excluding carboxylic acids is 1. The van der Waals surface area contributed by atoms with Crippen molar-refractivity contribution < 1.29 is 4.79 Å². The number of fused-ring (bicyclic) bond motifs is 1. The maximum Gasteiger partial charge on any atom is 0.345 e. The molecule has 0 aliphatic carbocycles. The van der Waals surface area contributed by atoms with E-state index in [0.717, 1.165) is 16.6 Å². The lowest BCUT2D eigenvalue weighted by atomic mass is 9.91. The van der Waals surface area contributed by atoms with Gasteiger partial charge in [0.05, 0.1) is 17.1 Å². The van der Waals surface area contributed by atoms with Gasteiger partial charge < -0.3 is 15.3 Å². The summed E-state index contributed by atoms with van der Waals surface area (Å²) in [5, 5.41) is 2.93. The first-order valence-electron chi connectivity index (χ1n) is 9.06. The highest BCUT2D eigenvalue weighted by Crippen LogP contribution is 2.21. The van der Waals surface area contributed by atoms with Crippen molar-refractivity contribution in [1.29, 1.82) is 0 Å². The number of hydrogen-bond acceptors (Lipinski definition) is 4. The fourth-order valence-corrected chi connectivity index (χ4v) is 2.88. The molecule has 0 aliphatic rings. The van der Waals surface area contributed by atoms with Gasteiger partial charge in [0.2, 0.25) is 0 Å². The summed E-state index contributed by atoms with van der Waals surface area (Å²) in [5.41, 5.74) is 2.87. The number of aryl methyl sites for hydroxylation is 1. The summed E-state index contributed by atoms with van der Waals surface area (Å²) in [4.78, 5) is 39.0. The Hall–Kier alpha value is -2.96. The maximum atomic E-state index is 12.7. The zero-order valence-electron chi connectivity index (χ0n) is 16.3. The smallest absolute Gasteiger partial charge is 0.341 e. The number of hydrogen-bond donors (Lipinski definition) is 3. The predicted molar refractivity (Wildman–Crippen MR) is 105 cm³/mol. The number of benzene rings is 1. The molecule has 142 valence electrons. The third kappa shape index (κ3) is 4.07. The molecule has 27 heavy (non-hydrogen) atoms. The molecule has 3 aromatic rings. The van der Waals surface area contributed by atoms with Crippen LogP contribution in [0.2, 0.25) is 0 Å². The van der Waals surface area contributed by atoms with Crippen molar-refractivity contribution in [3.05, 3.63) is 57.5 Å². The maximum absolute atomic E-state index is 12.7. The first kappa shape index (κ1) is 18.8. The molecular formula is C20H25N5O2. The molecule has 2 aromatic heterocycles. The van der Waals surface area contributed by atoms with E-state index in [4.69, 9.17) is 0 Å². The average molecular weight is 367 g/mol. The highest BCUT2D eigenvalue weighted by molar-refractivity contribution is 5.92. The quantitative estimate of drug-likeness (QED) is 0.659. The fourth-order valence-electron chi connectivity index (χ4n) is 2.88. The first-order valence-corrected chi connectivity index (χ1v) is 9.06. The SMILES string of the molecule is CCC(NC(=O)c1cc(C(C)(C)C)[nH]c(=O)n1)c1nc2ccc(C)cc2[nH]1. The predicted octanol–water partition coefficient (Wildman–Crippen LogP) is 3.13. The molecule has 0 aliphatic heterocycles. The van der Waals surface area contributed by atoms with E-state index < -0.39 is 11.6 Å². The molecule has 1 amide bonds. The van der Waals surface area contributed by atoms with Crippen LogP contribution in [0.3, 0.4) is 0 Å². The van der Waals surface area contributed by atoms with Gasteiger partial charge in [-0.05, 0) is 37.1 Å². The van der Waals surface area contributed by atoms with Gasteiger partial charge in [0.1, 0.15) is 11.5 Å². The van der Waals surface area contributed by atoms with Crippen molar-refractivity contribution in [2.45, 2.75) is 52.5 Å². The molecule has 0 saturated carbocycles. The van der Waals surface area contributed by atoms with Gasteiger partial charge in [0.25, 0.3) is 5.91 Å². The van der Waals surface area contributed by atoms with Crippen LogP contribution < -0.4 is 11.0 Å². The molecule has 1 unspecified atom stereocenters. The zero-order chi connectivity index (χ0) is 19.8. The lowest BCUT2D eigenvalue weighted by Crippen LogP contribution is -2.32. The highest BCUT2D eigenvalue weighted by atomic mass is 16.2.